The van der Waals surface area contributed by atoms with Gasteiger partial charge in [-0.25, -0.2) is 14.0 Å². The zero-order chi connectivity index (χ0) is 5.15. The quantitative estimate of drug-likeness (QED) is 0.316. The van der Waals surface area contributed by atoms with Crippen LogP contribution < -0.4 is 95.5 Å². The smallest absolute Gasteiger partial charge is 0.900 e. The molecule has 0 rings (SSSR count). The van der Waals surface area contributed by atoms with E-state index >= 15 is 0 Å². The average molecular weight is 113 g/mol. The van der Waals surface area contributed by atoms with Crippen molar-refractivity contribution in [3.63, 3.8) is 0 Å². The van der Waals surface area contributed by atoms with Gasteiger partial charge in [-0.05, 0) is 0 Å². The Bertz CT molecular complexity index is 36.2. The summed E-state index contributed by atoms with van der Waals surface area (Å²) in [5, 5.41) is 36.2. The summed E-state index contributed by atoms with van der Waals surface area (Å²) in [5.74, 6) is 0. The summed E-state index contributed by atoms with van der Waals surface area (Å²) in [4.78, 5) is 0. The van der Waals surface area contributed by atoms with Gasteiger partial charge < -0.3 is 20.1 Å². The van der Waals surface area contributed by atoms with Crippen molar-refractivity contribution >= 4 is 14.0 Å². The molecular weight excluding hydrogens is 113 g/mol. The SMILES string of the molecule is [Li+].[Li+].[Li+].[Li+].[O-]B([O-])B([O-])[O-]. The van der Waals surface area contributed by atoms with Gasteiger partial charge in [0.1, 0.15) is 0 Å². The number of rotatable bonds is 1. The van der Waals surface area contributed by atoms with E-state index in [1.54, 1.807) is 0 Å². The third kappa shape index (κ3) is 22.4. The van der Waals surface area contributed by atoms with Crippen molar-refractivity contribution in [3.05, 3.63) is 0 Å². The summed E-state index contributed by atoms with van der Waals surface area (Å²) in [6, 6.07) is 0. The molecule has 0 fully saturated rings. The van der Waals surface area contributed by atoms with Crippen molar-refractivity contribution < 1.29 is 95.5 Å². The second kappa shape index (κ2) is 17.4. The predicted molar refractivity (Wildman–Crippen MR) is 11.5 cm³/mol. The molecule has 0 saturated carbocycles. The minimum atomic E-state index is -2.76. The first kappa shape index (κ1) is 29.4. The summed E-state index contributed by atoms with van der Waals surface area (Å²) in [6.45, 7) is 0. The third-order valence-electron chi connectivity index (χ3n) is 0.222. The van der Waals surface area contributed by atoms with Crippen molar-refractivity contribution in [3.8, 4) is 0 Å². The largest absolute Gasteiger partial charge is 1.00 e. The van der Waals surface area contributed by atoms with Gasteiger partial charge in [-0.3, -0.25) is 0 Å². The van der Waals surface area contributed by atoms with E-state index in [0.29, 0.717) is 0 Å². The van der Waals surface area contributed by atoms with E-state index in [-0.39, 0.29) is 75.4 Å². The first-order chi connectivity index (χ1) is 2.64. The third-order valence-corrected chi connectivity index (χ3v) is 0.222. The molecule has 0 aromatic carbocycles. The fourth-order valence-corrected chi connectivity index (χ4v) is 0. The monoisotopic (exact) mass is 114 g/mol. The molecular formula is B2Li4O4. The zero-order valence-electron chi connectivity index (χ0n) is 6.79. The van der Waals surface area contributed by atoms with Gasteiger partial charge in [0.05, 0.1) is 0 Å². The van der Waals surface area contributed by atoms with Gasteiger partial charge in [-0.1, -0.05) is 0 Å². The van der Waals surface area contributed by atoms with Gasteiger partial charge in [0.2, 0.25) is 0 Å². The Kier molecular flexibility index (Phi) is 51.4. The zero-order valence-corrected chi connectivity index (χ0v) is 6.79. The Morgan fingerprint density at radius 2 is 0.600 bits per heavy atom. The molecule has 0 amide bonds. The Morgan fingerprint density at radius 3 is 0.600 bits per heavy atom. The van der Waals surface area contributed by atoms with E-state index in [0.717, 1.165) is 0 Å². The number of hydrogen-bond acceptors (Lipinski definition) is 4. The molecule has 0 N–H and O–H groups in total. The van der Waals surface area contributed by atoms with E-state index < -0.39 is 14.0 Å². The first-order valence-corrected chi connectivity index (χ1v) is 1.28. The standard InChI is InChI=1S/B2O4.4Li/c3-1(4)2(5)6;;;;/q-4;4*+1. The molecule has 0 aliphatic carbocycles. The minimum Gasteiger partial charge on any atom is -0.900 e. The maximum atomic E-state index is 9.05. The molecule has 34 valence electrons. The molecule has 0 heterocycles. The van der Waals surface area contributed by atoms with Crippen LogP contribution in [0.5, 0.6) is 0 Å². The van der Waals surface area contributed by atoms with Crippen LogP contribution in [0.3, 0.4) is 0 Å². The van der Waals surface area contributed by atoms with Crippen molar-refractivity contribution in [2.75, 3.05) is 0 Å². The molecule has 0 aromatic rings. The van der Waals surface area contributed by atoms with Crippen LogP contribution in [-0.2, 0) is 0 Å². The second-order valence-corrected chi connectivity index (χ2v) is 0.737. The topological polar surface area (TPSA) is 92.2 Å². The van der Waals surface area contributed by atoms with E-state index in [1.807, 2.05) is 0 Å². The van der Waals surface area contributed by atoms with E-state index in [9.17, 15) is 0 Å². The Labute approximate surface area is 109 Å². The molecule has 10 heavy (non-hydrogen) atoms. The molecule has 0 unspecified atom stereocenters. The van der Waals surface area contributed by atoms with Crippen LogP contribution in [-0.4, -0.2) is 14.0 Å². The van der Waals surface area contributed by atoms with Crippen LogP contribution in [0.4, 0.5) is 0 Å². The second-order valence-electron chi connectivity index (χ2n) is 0.737. The summed E-state index contributed by atoms with van der Waals surface area (Å²) in [7, 11) is -5.52. The Morgan fingerprint density at radius 1 is 0.500 bits per heavy atom. The molecule has 0 saturated heterocycles. The van der Waals surface area contributed by atoms with Crippen LogP contribution in [0.15, 0.2) is 0 Å². The van der Waals surface area contributed by atoms with Crippen LogP contribution in [0.2, 0.25) is 0 Å². The van der Waals surface area contributed by atoms with E-state index in [2.05, 4.69) is 0 Å². The molecule has 0 aliphatic rings. The fraction of sp³-hybridized carbons (Fsp3) is 0. The molecule has 4 nitrogen and oxygen atoms in total. The van der Waals surface area contributed by atoms with Gasteiger partial charge in [0, 0.05) is 0 Å². The minimum absolute atomic E-state index is 0. The summed E-state index contributed by atoms with van der Waals surface area (Å²) >= 11 is 0. The van der Waals surface area contributed by atoms with Crippen LogP contribution in [0.25, 0.3) is 0 Å². The van der Waals surface area contributed by atoms with Crippen LogP contribution in [0, 0.1) is 0 Å². The van der Waals surface area contributed by atoms with E-state index in [4.69, 9.17) is 20.1 Å². The van der Waals surface area contributed by atoms with Crippen molar-refractivity contribution in [2.24, 2.45) is 0 Å². The molecule has 0 atom stereocenters. The van der Waals surface area contributed by atoms with Gasteiger partial charge in [0.15, 0.2) is 0 Å². The first-order valence-electron chi connectivity index (χ1n) is 1.28. The fourth-order valence-electron chi connectivity index (χ4n) is 0. The molecule has 0 aromatic heterocycles. The van der Waals surface area contributed by atoms with Gasteiger partial charge >= 0.3 is 75.4 Å². The summed E-state index contributed by atoms with van der Waals surface area (Å²) < 4.78 is 0. The molecule has 10 heteroatoms. The van der Waals surface area contributed by atoms with Crippen molar-refractivity contribution in [1.82, 2.24) is 0 Å². The average Bonchev–Trinajstić information content (AvgIpc) is 1.36. The molecule has 0 radical (unpaired) electrons. The Hall–Kier alpha value is 2.36. The normalized spacial score (nSPS) is 4.80. The molecule has 0 spiro atoms. The maximum absolute atomic E-state index is 9.05. The molecule has 0 aliphatic heterocycles. The van der Waals surface area contributed by atoms with Gasteiger partial charge in [0.25, 0.3) is 0 Å². The predicted octanol–water partition coefficient (Wildman–Crippen LogP) is -17.5. The molecule has 0 bridgehead atoms. The summed E-state index contributed by atoms with van der Waals surface area (Å²) in [6.07, 6.45) is 0. The summed E-state index contributed by atoms with van der Waals surface area (Å²) in [5.41, 5.74) is 0. The maximum Gasteiger partial charge on any atom is 1.00 e. The van der Waals surface area contributed by atoms with Crippen LogP contribution >= 0.6 is 0 Å². The van der Waals surface area contributed by atoms with Crippen molar-refractivity contribution in [1.29, 1.82) is 0 Å². The van der Waals surface area contributed by atoms with Gasteiger partial charge in [-0.15, -0.1) is 0 Å². The number of hydrogen-bond donors (Lipinski definition) is 0. The van der Waals surface area contributed by atoms with Gasteiger partial charge in [-0.2, -0.15) is 0 Å². The van der Waals surface area contributed by atoms with Crippen molar-refractivity contribution in [2.45, 2.75) is 0 Å². The van der Waals surface area contributed by atoms with E-state index in [1.165, 1.54) is 0 Å². The Balaban J connectivity index is -0.0000000208. The van der Waals surface area contributed by atoms with Crippen LogP contribution in [0.1, 0.15) is 0 Å².